The minimum Gasteiger partial charge on any atom is -0.267 e. The van der Waals surface area contributed by atoms with E-state index in [1.807, 2.05) is 55.5 Å². The number of benzene rings is 2. The number of carbonyl (C=O) groups is 1. The van der Waals surface area contributed by atoms with Gasteiger partial charge in [0.25, 0.3) is 5.91 Å². The van der Waals surface area contributed by atoms with Gasteiger partial charge in [-0.2, -0.15) is 5.10 Å². The van der Waals surface area contributed by atoms with Crippen LogP contribution in [-0.2, 0) is 0 Å². The van der Waals surface area contributed by atoms with Crippen molar-refractivity contribution in [3.63, 3.8) is 0 Å². The molecule has 0 aliphatic heterocycles. The Morgan fingerprint density at radius 2 is 1.93 bits per heavy atom. The van der Waals surface area contributed by atoms with Crippen LogP contribution in [0, 0.1) is 17.8 Å². The Morgan fingerprint density at radius 1 is 1.10 bits per heavy atom. The summed E-state index contributed by atoms with van der Waals surface area (Å²) in [5, 5.41) is 5.75. The lowest BCUT2D eigenvalue weighted by Crippen LogP contribution is -2.24. The molecule has 152 valence electrons. The van der Waals surface area contributed by atoms with Gasteiger partial charge in [0, 0.05) is 22.6 Å². The van der Waals surface area contributed by atoms with Crippen molar-refractivity contribution in [3.8, 4) is 11.3 Å². The third kappa shape index (κ3) is 3.50. The summed E-state index contributed by atoms with van der Waals surface area (Å²) in [6.07, 6.45) is 5.18. The molecule has 1 heterocycles. The van der Waals surface area contributed by atoms with Crippen LogP contribution in [0.1, 0.15) is 43.0 Å². The van der Waals surface area contributed by atoms with E-state index in [2.05, 4.69) is 10.5 Å². The van der Waals surface area contributed by atoms with Gasteiger partial charge in [-0.05, 0) is 50.2 Å². The van der Waals surface area contributed by atoms with E-state index >= 15 is 0 Å². The van der Waals surface area contributed by atoms with Gasteiger partial charge in [-0.3, -0.25) is 4.79 Å². The summed E-state index contributed by atoms with van der Waals surface area (Å²) in [6.45, 7) is 2.04. The van der Waals surface area contributed by atoms with Crippen LogP contribution in [0.2, 0.25) is 5.02 Å². The third-order valence-corrected chi connectivity index (χ3v) is 7.02. The average Bonchev–Trinajstić information content (AvgIpc) is 3.41. The summed E-state index contributed by atoms with van der Waals surface area (Å²) in [4.78, 5) is 17.9. The van der Waals surface area contributed by atoms with Crippen molar-refractivity contribution in [2.24, 2.45) is 22.9 Å². The summed E-state index contributed by atoms with van der Waals surface area (Å²) >= 11 is 6.42. The summed E-state index contributed by atoms with van der Waals surface area (Å²) in [7, 11) is 0. The standard InChI is InChI=1S/C25H24ClN3O/c1-15(20-13-16-10-11-18(20)12-16)28-29-25(30)21-14-23(17-6-3-2-4-7-17)27-24-19(21)8-5-9-22(24)26/h2-9,14,16,18,20H,10-13H2,1H3,(H,29,30)/b28-15+. The Morgan fingerprint density at radius 3 is 2.67 bits per heavy atom. The molecule has 3 unspecified atom stereocenters. The zero-order valence-corrected chi connectivity index (χ0v) is 17.7. The minimum absolute atomic E-state index is 0.232. The highest BCUT2D eigenvalue weighted by Crippen LogP contribution is 2.48. The van der Waals surface area contributed by atoms with Crippen LogP contribution in [-0.4, -0.2) is 16.6 Å². The zero-order valence-electron chi connectivity index (χ0n) is 16.9. The van der Waals surface area contributed by atoms with Gasteiger partial charge in [0.2, 0.25) is 0 Å². The van der Waals surface area contributed by atoms with Crippen molar-refractivity contribution in [1.29, 1.82) is 0 Å². The predicted octanol–water partition coefficient (Wildman–Crippen LogP) is 6.10. The SMILES string of the molecule is C/C(=N\NC(=O)c1cc(-c2ccccc2)nc2c(Cl)cccc12)C1CC2CCC1C2. The number of nitrogens with zero attached hydrogens (tertiary/aromatic N) is 2. The van der Waals surface area contributed by atoms with E-state index in [1.54, 1.807) is 6.07 Å². The molecule has 1 amide bonds. The van der Waals surface area contributed by atoms with Gasteiger partial charge in [0.05, 0.1) is 21.8 Å². The van der Waals surface area contributed by atoms with E-state index in [4.69, 9.17) is 16.6 Å². The quantitative estimate of drug-likeness (QED) is 0.412. The second-order valence-corrected chi connectivity index (χ2v) is 8.94. The van der Waals surface area contributed by atoms with Crippen molar-refractivity contribution < 1.29 is 4.79 Å². The molecule has 1 N–H and O–H groups in total. The number of rotatable bonds is 4. The first kappa shape index (κ1) is 19.3. The van der Waals surface area contributed by atoms with Crippen LogP contribution in [0.4, 0.5) is 0 Å². The molecule has 3 aromatic rings. The number of hydrogen-bond acceptors (Lipinski definition) is 3. The number of aromatic nitrogens is 1. The fourth-order valence-corrected chi connectivity index (χ4v) is 5.41. The Balaban J connectivity index is 1.49. The lowest BCUT2D eigenvalue weighted by molar-refractivity contribution is 0.0956. The number of hydrogen-bond donors (Lipinski definition) is 1. The van der Waals surface area contributed by atoms with Crippen molar-refractivity contribution in [1.82, 2.24) is 10.4 Å². The van der Waals surface area contributed by atoms with Crippen molar-refractivity contribution in [3.05, 3.63) is 65.2 Å². The van der Waals surface area contributed by atoms with Crippen LogP contribution < -0.4 is 5.43 Å². The smallest absolute Gasteiger partial charge is 0.267 e. The molecule has 0 spiro atoms. The summed E-state index contributed by atoms with van der Waals surface area (Å²) in [6, 6.07) is 17.2. The van der Waals surface area contributed by atoms with Gasteiger partial charge in [-0.1, -0.05) is 60.5 Å². The van der Waals surface area contributed by atoms with E-state index < -0.39 is 0 Å². The number of halogens is 1. The molecule has 2 aromatic carbocycles. The Hall–Kier alpha value is -2.72. The number of fused-ring (bicyclic) bond motifs is 3. The number of carbonyl (C=O) groups excluding carboxylic acids is 1. The van der Waals surface area contributed by atoms with Gasteiger partial charge in [-0.25, -0.2) is 10.4 Å². The normalized spacial score (nSPS) is 23.1. The second-order valence-electron chi connectivity index (χ2n) is 8.53. The molecule has 0 saturated heterocycles. The molecule has 2 aliphatic carbocycles. The maximum Gasteiger partial charge on any atom is 0.272 e. The summed E-state index contributed by atoms with van der Waals surface area (Å²) < 4.78 is 0. The molecule has 3 atom stereocenters. The number of nitrogens with one attached hydrogen (secondary N) is 1. The van der Waals surface area contributed by atoms with Crippen LogP contribution in [0.3, 0.4) is 0 Å². The first-order valence-electron chi connectivity index (χ1n) is 10.6. The largest absolute Gasteiger partial charge is 0.272 e. The van der Waals surface area contributed by atoms with Gasteiger partial charge in [0.1, 0.15) is 0 Å². The molecule has 2 saturated carbocycles. The molecule has 30 heavy (non-hydrogen) atoms. The van der Waals surface area contributed by atoms with Crippen molar-refractivity contribution in [2.45, 2.75) is 32.6 Å². The molecular formula is C25H24ClN3O. The Bertz CT molecular complexity index is 1140. The fraction of sp³-hybridized carbons (Fsp3) is 0.320. The zero-order chi connectivity index (χ0) is 20.7. The molecule has 1 aromatic heterocycles. The van der Waals surface area contributed by atoms with E-state index in [0.717, 1.165) is 34.2 Å². The van der Waals surface area contributed by atoms with E-state index in [9.17, 15) is 4.79 Å². The monoisotopic (exact) mass is 417 g/mol. The van der Waals surface area contributed by atoms with E-state index in [-0.39, 0.29) is 5.91 Å². The molecule has 4 nitrogen and oxygen atoms in total. The van der Waals surface area contributed by atoms with Crippen LogP contribution in [0.15, 0.2) is 59.7 Å². The molecule has 0 radical (unpaired) electrons. The highest BCUT2D eigenvalue weighted by Gasteiger charge is 2.40. The second kappa shape index (κ2) is 7.84. The number of para-hydroxylation sites is 1. The number of pyridine rings is 1. The lowest BCUT2D eigenvalue weighted by Gasteiger charge is -2.21. The maximum atomic E-state index is 13.1. The van der Waals surface area contributed by atoms with Crippen LogP contribution in [0.25, 0.3) is 22.2 Å². The topological polar surface area (TPSA) is 54.4 Å². The van der Waals surface area contributed by atoms with Crippen molar-refractivity contribution in [2.75, 3.05) is 0 Å². The van der Waals surface area contributed by atoms with E-state index in [1.165, 1.54) is 25.7 Å². The fourth-order valence-electron chi connectivity index (χ4n) is 5.20. The maximum absolute atomic E-state index is 13.1. The Kier molecular flexibility index (Phi) is 5.03. The van der Waals surface area contributed by atoms with Crippen LogP contribution in [0.5, 0.6) is 0 Å². The van der Waals surface area contributed by atoms with Gasteiger partial charge in [-0.15, -0.1) is 0 Å². The molecule has 5 heteroatoms. The number of hydrazone groups is 1. The molecular weight excluding hydrogens is 394 g/mol. The van der Waals surface area contributed by atoms with Crippen molar-refractivity contribution >= 4 is 34.1 Å². The molecule has 2 fully saturated rings. The average molecular weight is 418 g/mol. The molecule has 2 bridgehead atoms. The van der Waals surface area contributed by atoms with Gasteiger partial charge >= 0.3 is 0 Å². The molecule has 5 rings (SSSR count). The van der Waals surface area contributed by atoms with Gasteiger partial charge in [0.15, 0.2) is 0 Å². The number of amides is 1. The minimum atomic E-state index is -0.232. The summed E-state index contributed by atoms with van der Waals surface area (Å²) in [5.41, 5.74) is 6.66. The Labute approximate surface area is 181 Å². The van der Waals surface area contributed by atoms with Gasteiger partial charge < -0.3 is 0 Å². The summed E-state index contributed by atoms with van der Waals surface area (Å²) in [5.74, 6) is 1.86. The third-order valence-electron chi connectivity index (χ3n) is 6.71. The predicted molar refractivity (Wildman–Crippen MR) is 122 cm³/mol. The first-order chi connectivity index (χ1) is 14.6. The van der Waals surface area contributed by atoms with E-state index in [0.29, 0.717) is 22.0 Å². The molecule has 2 aliphatic rings. The highest BCUT2D eigenvalue weighted by atomic mass is 35.5. The van der Waals surface area contributed by atoms with Crippen LogP contribution >= 0.6 is 11.6 Å². The lowest BCUT2D eigenvalue weighted by atomic mass is 9.86. The first-order valence-corrected chi connectivity index (χ1v) is 11.0. The highest BCUT2D eigenvalue weighted by molar-refractivity contribution is 6.35.